The molecule has 2 heterocycles. The average molecular weight is 441 g/mol. The Balaban J connectivity index is 1.70. The monoisotopic (exact) mass is 440 g/mol. The predicted octanol–water partition coefficient (Wildman–Crippen LogP) is 4.02. The van der Waals surface area contributed by atoms with E-state index < -0.39 is 0 Å². The van der Waals surface area contributed by atoms with Crippen LogP contribution in [0.1, 0.15) is 30.9 Å². The number of aromatic hydroxyl groups is 2. The summed E-state index contributed by atoms with van der Waals surface area (Å²) >= 11 is 1.49. The summed E-state index contributed by atoms with van der Waals surface area (Å²) in [5.41, 5.74) is 3.47. The fourth-order valence-electron chi connectivity index (χ4n) is 3.81. The second-order valence-electron chi connectivity index (χ2n) is 7.98. The molecule has 0 atom stereocenters. The molecule has 3 aromatic rings. The van der Waals surface area contributed by atoms with Gasteiger partial charge in [0.15, 0.2) is 11.0 Å². The first-order chi connectivity index (χ1) is 15.0. The molecule has 0 radical (unpaired) electrons. The van der Waals surface area contributed by atoms with Gasteiger partial charge < -0.3 is 14.9 Å². The maximum Gasteiger partial charge on any atom is 0.195 e. The van der Waals surface area contributed by atoms with Crippen LogP contribution in [-0.2, 0) is 11.3 Å². The first-order valence-electron chi connectivity index (χ1n) is 10.4. The molecule has 0 bridgehead atoms. The number of benzene rings is 2. The zero-order valence-electron chi connectivity index (χ0n) is 18.1. The van der Waals surface area contributed by atoms with E-state index in [9.17, 15) is 10.2 Å². The molecule has 7 nitrogen and oxygen atoms in total. The molecule has 1 aliphatic heterocycles. The van der Waals surface area contributed by atoms with Gasteiger partial charge in [-0.1, -0.05) is 37.7 Å². The Morgan fingerprint density at radius 2 is 1.74 bits per heavy atom. The van der Waals surface area contributed by atoms with Gasteiger partial charge >= 0.3 is 0 Å². The molecule has 1 aliphatic rings. The second-order valence-corrected chi connectivity index (χ2v) is 8.76. The lowest BCUT2D eigenvalue weighted by molar-refractivity contribution is 0.0342. The van der Waals surface area contributed by atoms with Gasteiger partial charge in [0.05, 0.1) is 18.8 Å². The van der Waals surface area contributed by atoms with Crippen molar-refractivity contribution in [3.63, 3.8) is 0 Å². The molecule has 8 heteroatoms. The van der Waals surface area contributed by atoms with E-state index in [-0.39, 0.29) is 17.4 Å². The van der Waals surface area contributed by atoms with Gasteiger partial charge in [-0.25, -0.2) is 0 Å². The zero-order chi connectivity index (χ0) is 22.0. The maximum absolute atomic E-state index is 10.6. The molecule has 0 unspecified atom stereocenters. The molecule has 4 rings (SSSR count). The first-order valence-corrected chi connectivity index (χ1v) is 11.7. The SMILES string of the molecule is CSc1nnc(-c2cc(C(C)C)c(O)cc2O)n1-c1ccc(CN2CCOCC2)cc1. The second kappa shape index (κ2) is 9.30. The minimum Gasteiger partial charge on any atom is -0.508 e. The van der Waals surface area contributed by atoms with Crippen molar-refractivity contribution >= 4 is 11.8 Å². The molecule has 1 aromatic heterocycles. The average Bonchev–Trinajstić information content (AvgIpc) is 3.18. The number of thioether (sulfide) groups is 1. The summed E-state index contributed by atoms with van der Waals surface area (Å²) in [7, 11) is 0. The highest BCUT2D eigenvalue weighted by Crippen LogP contribution is 2.38. The van der Waals surface area contributed by atoms with E-state index in [1.165, 1.54) is 23.4 Å². The number of phenols is 2. The quantitative estimate of drug-likeness (QED) is 0.560. The normalized spacial score (nSPS) is 15.0. The smallest absolute Gasteiger partial charge is 0.195 e. The van der Waals surface area contributed by atoms with Gasteiger partial charge in [0.2, 0.25) is 0 Å². The first kappa shape index (κ1) is 21.7. The van der Waals surface area contributed by atoms with Crippen molar-refractivity contribution in [2.45, 2.75) is 31.5 Å². The Labute approximate surface area is 186 Å². The van der Waals surface area contributed by atoms with Crippen LogP contribution in [-0.4, -0.2) is 62.4 Å². The van der Waals surface area contributed by atoms with E-state index in [0.29, 0.717) is 11.4 Å². The highest BCUT2D eigenvalue weighted by molar-refractivity contribution is 7.98. The Bertz CT molecular complexity index is 1040. The molecule has 0 spiro atoms. The third-order valence-corrected chi connectivity index (χ3v) is 6.16. The molecule has 2 aromatic carbocycles. The van der Waals surface area contributed by atoms with Gasteiger partial charge in [-0.05, 0) is 41.5 Å². The van der Waals surface area contributed by atoms with Gasteiger partial charge in [0.25, 0.3) is 0 Å². The van der Waals surface area contributed by atoms with Crippen molar-refractivity contribution in [3.05, 3.63) is 47.5 Å². The third kappa shape index (κ3) is 4.56. The summed E-state index contributed by atoms with van der Waals surface area (Å²) in [5, 5.41) is 30.2. The Morgan fingerprint density at radius 1 is 1.03 bits per heavy atom. The van der Waals surface area contributed by atoms with Crippen LogP contribution in [0, 0.1) is 0 Å². The summed E-state index contributed by atoms with van der Waals surface area (Å²) in [6.45, 7) is 8.37. The van der Waals surface area contributed by atoms with E-state index in [1.54, 1.807) is 6.07 Å². The van der Waals surface area contributed by atoms with Crippen LogP contribution in [0.3, 0.4) is 0 Å². The van der Waals surface area contributed by atoms with Gasteiger partial charge in [0, 0.05) is 31.4 Å². The van der Waals surface area contributed by atoms with E-state index in [0.717, 1.165) is 49.3 Å². The molecule has 0 aliphatic carbocycles. The van der Waals surface area contributed by atoms with Crippen LogP contribution in [0.25, 0.3) is 17.1 Å². The van der Waals surface area contributed by atoms with E-state index >= 15 is 0 Å². The molecule has 0 amide bonds. The number of hydrogen-bond donors (Lipinski definition) is 2. The molecular weight excluding hydrogens is 412 g/mol. The van der Waals surface area contributed by atoms with Crippen LogP contribution in [0.5, 0.6) is 11.5 Å². The van der Waals surface area contributed by atoms with Crippen molar-refractivity contribution < 1.29 is 14.9 Å². The Morgan fingerprint density at radius 3 is 2.39 bits per heavy atom. The van der Waals surface area contributed by atoms with Crippen LogP contribution in [0.2, 0.25) is 0 Å². The van der Waals surface area contributed by atoms with Gasteiger partial charge in [-0.15, -0.1) is 10.2 Å². The molecule has 1 saturated heterocycles. The minimum atomic E-state index is -0.0212. The lowest BCUT2D eigenvalue weighted by Gasteiger charge is -2.26. The summed E-state index contributed by atoms with van der Waals surface area (Å²) in [6, 6.07) is 11.5. The summed E-state index contributed by atoms with van der Waals surface area (Å²) in [5.74, 6) is 0.715. The topological polar surface area (TPSA) is 83.6 Å². The van der Waals surface area contributed by atoms with Gasteiger partial charge in [0.1, 0.15) is 11.5 Å². The molecule has 2 N–H and O–H groups in total. The minimum absolute atomic E-state index is 0.0212. The highest BCUT2D eigenvalue weighted by atomic mass is 32.2. The lowest BCUT2D eigenvalue weighted by atomic mass is 9.98. The fraction of sp³-hybridized carbons (Fsp3) is 0.391. The number of phenolic OH excluding ortho intramolecular Hbond substituents is 2. The van der Waals surface area contributed by atoms with Crippen molar-refractivity contribution in [1.29, 1.82) is 0 Å². The van der Waals surface area contributed by atoms with Crippen LogP contribution in [0.15, 0.2) is 41.6 Å². The molecular formula is C23H28N4O3S. The standard InChI is InChI=1S/C23H28N4O3S/c1-15(2)18-12-19(21(29)13-20(18)28)22-24-25-23(31-3)27(22)17-6-4-16(5-7-17)14-26-8-10-30-11-9-26/h4-7,12-13,15,28-29H,8-11,14H2,1-3H3. The zero-order valence-corrected chi connectivity index (χ0v) is 18.9. The van der Waals surface area contributed by atoms with Gasteiger partial charge in [-0.2, -0.15) is 0 Å². The molecule has 0 saturated carbocycles. The van der Waals surface area contributed by atoms with E-state index in [4.69, 9.17) is 4.74 Å². The van der Waals surface area contributed by atoms with Crippen molar-refractivity contribution in [3.8, 4) is 28.6 Å². The summed E-state index contributed by atoms with van der Waals surface area (Å²) in [6.07, 6.45) is 1.95. The van der Waals surface area contributed by atoms with Gasteiger partial charge in [-0.3, -0.25) is 9.47 Å². The third-order valence-electron chi connectivity index (χ3n) is 5.53. The molecule has 31 heavy (non-hydrogen) atoms. The molecule has 164 valence electrons. The van der Waals surface area contributed by atoms with Crippen LogP contribution < -0.4 is 0 Å². The number of ether oxygens (including phenoxy) is 1. The Hall–Kier alpha value is -2.55. The number of morpholine rings is 1. The largest absolute Gasteiger partial charge is 0.508 e. The molecule has 1 fully saturated rings. The van der Waals surface area contributed by atoms with Crippen molar-refractivity contribution in [2.24, 2.45) is 0 Å². The summed E-state index contributed by atoms with van der Waals surface area (Å²) < 4.78 is 7.37. The predicted molar refractivity (Wildman–Crippen MR) is 122 cm³/mol. The number of rotatable bonds is 6. The van der Waals surface area contributed by atoms with Crippen LogP contribution >= 0.6 is 11.8 Å². The highest BCUT2D eigenvalue weighted by Gasteiger charge is 2.21. The van der Waals surface area contributed by atoms with Crippen molar-refractivity contribution in [1.82, 2.24) is 19.7 Å². The lowest BCUT2D eigenvalue weighted by Crippen LogP contribution is -2.35. The maximum atomic E-state index is 10.6. The van der Waals surface area contributed by atoms with E-state index in [1.807, 2.05) is 24.7 Å². The number of hydrogen-bond acceptors (Lipinski definition) is 7. The Kier molecular flexibility index (Phi) is 6.50. The summed E-state index contributed by atoms with van der Waals surface area (Å²) in [4.78, 5) is 2.39. The number of nitrogens with zero attached hydrogens (tertiary/aromatic N) is 4. The van der Waals surface area contributed by atoms with Crippen molar-refractivity contribution in [2.75, 3.05) is 32.6 Å². The number of aromatic nitrogens is 3. The fourth-order valence-corrected chi connectivity index (χ4v) is 4.31. The van der Waals surface area contributed by atoms with Crippen LogP contribution in [0.4, 0.5) is 0 Å². The van der Waals surface area contributed by atoms with E-state index in [2.05, 4.69) is 39.4 Å².